The summed E-state index contributed by atoms with van der Waals surface area (Å²) in [6.45, 7) is 1.38. The quantitative estimate of drug-likeness (QED) is 0.415. The number of hydrogen-bond acceptors (Lipinski definition) is 8. The van der Waals surface area contributed by atoms with Crippen molar-refractivity contribution in [2.75, 3.05) is 6.61 Å². The molecule has 0 spiro atoms. The monoisotopic (exact) mass is 298 g/mol. The predicted octanol–water partition coefficient (Wildman–Crippen LogP) is -1.01. The van der Waals surface area contributed by atoms with Gasteiger partial charge in [0.2, 0.25) is 0 Å². The number of fused-ring (bicyclic) bond motifs is 1. The summed E-state index contributed by atoms with van der Waals surface area (Å²) in [6.07, 6.45) is -2.71. The number of ether oxygens (including phenoxy) is 1. The molecule has 0 amide bonds. The Kier molecular flexibility index (Phi) is 3.38. The maximum Gasteiger partial charge on any atom is 0.184 e. The molecule has 3 aliphatic rings. The third-order valence-electron chi connectivity index (χ3n) is 3.48. The second-order valence-electron chi connectivity index (χ2n) is 4.64. The van der Waals surface area contributed by atoms with Crippen molar-refractivity contribution in [2.45, 2.75) is 36.6 Å². The summed E-state index contributed by atoms with van der Waals surface area (Å²) >= 11 is 4.27. The van der Waals surface area contributed by atoms with Crippen molar-refractivity contribution >= 4 is 12.6 Å². The molecule has 3 heterocycles. The van der Waals surface area contributed by atoms with Crippen molar-refractivity contribution < 1.29 is 20.1 Å². The third kappa shape index (κ3) is 1.90. The van der Waals surface area contributed by atoms with Gasteiger partial charge in [-0.2, -0.15) is 0 Å². The lowest BCUT2D eigenvalue weighted by Crippen LogP contribution is -2.33. The summed E-state index contributed by atoms with van der Waals surface area (Å²) in [7, 11) is 0. The summed E-state index contributed by atoms with van der Waals surface area (Å²) in [5.41, 5.74) is 1.23. The van der Waals surface area contributed by atoms with Crippen molar-refractivity contribution in [1.29, 1.82) is 0 Å². The molecule has 0 unspecified atom stereocenters. The van der Waals surface area contributed by atoms with Crippen LogP contribution in [0.25, 0.3) is 11.5 Å². The number of hydrogen-bond donors (Lipinski definition) is 4. The summed E-state index contributed by atoms with van der Waals surface area (Å²) in [5, 5.41) is 29.3. The second kappa shape index (κ2) is 4.93. The van der Waals surface area contributed by atoms with E-state index in [1.165, 1.54) is 10.9 Å². The lowest BCUT2D eigenvalue weighted by Gasteiger charge is -2.23. The molecule has 0 saturated carbocycles. The molecule has 3 N–H and O–H groups in total. The Hall–Kier alpha value is -1.26. The van der Waals surface area contributed by atoms with Crippen LogP contribution >= 0.6 is 12.6 Å². The topological polar surface area (TPSA) is 114 Å². The van der Waals surface area contributed by atoms with E-state index in [1.54, 1.807) is 6.92 Å². The zero-order chi connectivity index (χ0) is 14.4. The molecule has 0 bridgehead atoms. The van der Waals surface area contributed by atoms with Crippen LogP contribution in [0.1, 0.15) is 11.9 Å². The van der Waals surface area contributed by atoms with Gasteiger partial charge in [-0.15, -0.1) is 12.6 Å². The van der Waals surface area contributed by atoms with Gasteiger partial charge >= 0.3 is 0 Å². The first-order valence-electron chi connectivity index (χ1n) is 6.05. The molecule has 8 nitrogen and oxygen atoms in total. The van der Waals surface area contributed by atoms with E-state index in [1.807, 2.05) is 0 Å². The summed E-state index contributed by atoms with van der Waals surface area (Å²) < 4.78 is 7.02. The molecular weight excluding hydrogens is 284 g/mol. The number of imidazole rings is 1. The van der Waals surface area contributed by atoms with Crippen LogP contribution in [0.4, 0.5) is 0 Å². The fraction of sp³-hybridized carbons (Fsp3) is 0.545. The number of nitrogens with zero attached hydrogens (tertiary/aromatic N) is 4. The number of aliphatic hydroxyl groups excluding tert-OH is 3. The van der Waals surface area contributed by atoms with E-state index in [-0.39, 0.29) is 11.8 Å². The Balaban J connectivity index is 2.09. The zero-order valence-corrected chi connectivity index (χ0v) is 11.5. The number of aromatic nitrogens is 4. The fourth-order valence-electron chi connectivity index (χ4n) is 2.41. The van der Waals surface area contributed by atoms with Gasteiger partial charge in [-0.25, -0.2) is 15.0 Å². The van der Waals surface area contributed by atoms with Gasteiger partial charge in [-0.05, 0) is 6.92 Å². The molecule has 1 saturated heterocycles. The van der Waals surface area contributed by atoms with Gasteiger partial charge in [0.25, 0.3) is 0 Å². The molecule has 0 aliphatic carbocycles. The van der Waals surface area contributed by atoms with Crippen LogP contribution < -0.4 is 0 Å². The Labute approximate surface area is 119 Å². The minimum Gasteiger partial charge on any atom is -0.394 e. The molecule has 20 heavy (non-hydrogen) atoms. The molecule has 3 rings (SSSR count). The maximum absolute atomic E-state index is 10.1. The van der Waals surface area contributed by atoms with E-state index in [0.29, 0.717) is 17.2 Å². The third-order valence-corrected chi connectivity index (χ3v) is 3.79. The first-order chi connectivity index (χ1) is 9.54. The Morgan fingerprint density at radius 1 is 1.35 bits per heavy atom. The Morgan fingerprint density at radius 2 is 2.10 bits per heavy atom. The van der Waals surface area contributed by atoms with Crippen molar-refractivity contribution in [2.24, 2.45) is 0 Å². The molecule has 0 radical (unpaired) electrons. The molecule has 1 fully saturated rings. The molecule has 4 atom stereocenters. The van der Waals surface area contributed by atoms with E-state index < -0.39 is 24.5 Å². The van der Waals surface area contributed by atoms with Crippen molar-refractivity contribution in [1.82, 2.24) is 19.5 Å². The van der Waals surface area contributed by atoms with E-state index in [2.05, 4.69) is 27.6 Å². The largest absolute Gasteiger partial charge is 0.394 e. The molecule has 3 aliphatic heterocycles. The van der Waals surface area contributed by atoms with Crippen molar-refractivity contribution in [3.8, 4) is 11.5 Å². The van der Waals surface area contributed by atoms with Crippen LogP contribution in [0.5, 0.6) is 0 Å². The Morgan fingerprint density at radius 3 is 2.75 bits per heavy atom. The lowest BCUT2D eigenvalue weighted by atomic mass is 10.1. The predicted molar refractivity (Wildman–Crippen MR) is 69.4 cm³/mol. The standard InChI is InChI=1S/C11H14N4O4S/c1-4-6-9(13-3-12-6)14-11(20)15(4)10-8(18)7(17)5(2-16)19-10/h3,5,7-8,10,16-18H,2H2,1H3,(H,12,13,14,20)/t5-,7+,8-,10-/m1/s1. The summed E-state index contributed by atoms with van der Waals surface area (Å²) in [5.74, 6) is 0.454. The average molecular weight is 298 g/mol. The van der Waals surface area contributed by atoms with E-state index in [0.717, 1.165) is 0 Å². The molecular formula is C11H14N4O4S. The SMILES string of the molecule is Cc1c2ncnc-2nc(S)n1[C@@H]1O[C@H](CO)[C@H](O)[C@H]1O. The maximum atomic E-state index is 10.1. The summed E-state index contributed by atoms with van der Waals surface area (Å²) in [4.78, 5) is 12.3. The molecule has 0 aromatic heterocycles. The number of rotatable bonds is 2. The highest BCUT2D eigenvalue weighted by Gasteiger charge is 2.44. The first-order valence-corrected chi connectivity index (χ1v) is 6.50. The number of aliphatic hydroxyl groups is 3. The van der Waals surface area contributed by atoms with Crippen LogP contribution in [-0.4, -0.2) is 59.8 Å². The molecule has 108 valence electrons. The van der Waals surface area contributed by atoms with Gasteiger partial charge in [0.05, 0.1) is 6.61 Å². The summed E-state index contributed by atoms with van der Waals surface area (Å²) in [6, 6.07) is 0. The van der Waals surface area contributed by atoms with E-state index in [4.69, 9.17) is 9.84 Å². The average Bonchev–Trinajstić information content (AvgIpc) is 2.98. The van der Waals surface area contributed by atoms with Crippen LogP contribution in [0.3, 0.4) is 0 Å². The highest BCUT2D eigenvalue weighted by molar-refractivity contribution is 7.80. The Bertz CT molecular complexity index is 606. The minimum atomic E-state index is -1.19. The van der Waals surface area contributed by atoms with Crippen molar-refractivity contribution in [3.63, 3.8) is 0 Å². The van der Waals surface area contributed by atoms with Crippen molar-refractivity contribution in [3.05, 3.63) is 12.0 Å². The van der Waals surface area contributed by atoms with Crippen LogP contribution in [-0.2, 0) is 4.74 Å². The smallest absolute Gasteiger partial charge is 0.184 e. The fourth-order valence-corrected chi connectivity index (χ4v) is 2.77. The minimum absolute atomic E-state index is 0.283. The van der Waals surface area contributed by atoms with Gasteiger partial charge in [0, 0.05) is 5.69 Å². The van der Waals surface area contributed by atoms with Crippen LogP contribution in [0, 0.1) is 6.92 Å². The highest BCUT2D eigenvalue weighted by atomic mass is 32.1. The second-order valence-corrected chi connectivity index (χ2v) is 5.04. The van der Waals surface area contributed by atoms with E-state index in [9.17, 15) is 10.2 Å². The van der Waals surface area contributed by atoms with Gasteiger partial charge in [0.15, 0.2) is 17.2 Å². The van der Waals surface area contributed by atoms with Gasteiger partial charge in [0.1, 0.15) is 30.3 Å². The molecule has 0 aromatic carbocycles. The van der Waals surface area contributed by atoms with Gasteiger partial charge in [-0.1, -0.05) is 0 Å². The zero-order valence-electron chi connectivity index (χ0n) is 10.6. The molecule has 9 heteroatoms. The molecule has 0 aromatic rings. The highest BCUT2D eigenvalue weighted by Crippen LogP contribution is 2.34. The number of thiol groups is 1. The van der Waals surface area contributed by atoms with Gasteiger partial charge < -0.3 is 20.1 Å². The van der Waals surface area contributed by atoms with E-state index >= 15 is 0 Å². The van der Waals surface area contributed by atoms with Crippen LogP contribution in [0.15, 0.2) is 11.5 Å². The van der Waals surface area contributed by atoms with Gasteiger partial charge in [-0.3, -0.25) is 4.57 Å². The lowest BCUT2D eigenvalue weighted by molar-refractivity contribution is -0.0585. The normalized spacial score (nSPS) is 30.2. The van der Waals surface area contributed by atoms with Crippen LogP contribution in [0.2, 0.25) is 0 Å². The first kappa shape index (κ1) is 13.7.